The van der Waals surface area contributed by atoms with Crippen molar-refractivity contribution in [3.05, 3.63) is 0 Å². The molecule has 0 aromatic rings. The Morgan fingerprint density at radius 1 is 1.24 bits per heavy atom. The lowest BCUT2D eigenvalue weighted by atomic mass is 9.94. The fourth-order valence-electron chi connectivity index (χ4n) is 3.80. The highest BCUT2D eigenvalue weighted by Gasteiger charge is 2.37. The van der Waals surface area contributed by atoms with E-state index in [1.807, 2.05) is 18.8 Å². The predicted molar refractivity (Wildman–Crippen MR) is 123 cm³/mol. The summed E-state index contributed by atoms with van der Waals surface area (Å²) in [6, 6.07) is 0.148. The van der Waals surface area contributed by atoms with Gasteiger partial charge in [-0.15, -0.1) is 0 Å². The van der Waals surface area contributed by atoms with Gasteiger partial charge in [0.05, 0.1) is 18.5 Å². The molecule has 0 radical (unpaired) electrons. The van der Waals surface area contributed by atoms with Crippen LogP contribution in [0, 0.1) is 0 Å². The van der Waals surface area contributed by atoms with Gasteiger partial charge in [0.15, 0.2) is 0 Å². The van der Waals surface area contributed by atoms with Crippen LogP contribution < -0.4 is 0 Å². The molecule has 1 amide bonds. The Labute approximate surface area is 182 Å². The number of carbonyl (C=O) groups excluding carboxylic acids is 1. The standard InChI is InChI=1S/C18H38BN4O4PS/c1-18(2,3)22-10-15(27-16(19)11-22)12-26-14-28(25,20(4)5)23-8-6-21(7-9-23)17(24)13-29/h15-16,29H,6-14,19H2,1-5H3. The van der Waals surface area contributed by atoms with Crippen LogP contribution in [0.25, 0.3) is 0 Å². The minimum Gasteiger partial charge on any atom is -0.379 e. The predicted octanol–water partition coefficient (Wildman–Crippen LogP) is 0.248. The summed E-state index contributed by atoms with van der Waals surface area (Å²) >= 11 is 4.06. The molecule has 2 rings (SSSR count). The van der Waals surface area contributed by atoms with Crippen LogP contribution in [0.2, 0.25) is 0 Å². The lowest BCUT2D eigenvalue weighted by Gasteiger charge is -2.44. The van der Waals surface area contributed by atoms with Gasteiger partial charge in [0, 0.05) is 50.8 Å². The van der Waals surface area contributed by atoms with Crippen LogP contribution in [-0.2, 0) is 18.8 Å². The number of amides is 1. The number of morpholine rings is 1. The van der Waals surface area contributed by atoms with Crippen molar-refractivity contribution in [2.75, 3.05) is 72.1 Å². The number of ether oxygens (including phenoxy) is 2. The first kappa shape index (κ1) is 25.2. The summed E-state index contributed by atoms with van der Waals surface area (Å²) in [6.45, 7) is 11.1. The van der Waals surface area contributed by atoms with E-state index in [0.29, 0.717) is 32.8 Å². The molecule has 2 saturated heterocycles. The molecular formula is C18H38BN4O4PS. The van der Waals surface area contributed by atoms with E-state index >= 15 is 0 Å². The molecule has 0 saturated carbocycles. The van der Waals surface area contributed by atoms with Crippen molar-refractivity contribution in [3.63, 3.8) is 0 Å². The smallest absolute Gasteiger partial charge is 0.241 e. The molecule has 2 heterocycles. The molecule has 29 heavy (non-hydrogen) atoms. The van der Waals surface area contributed by atoms with Gasteiger partial charge in [-0.2, -0.15) is 12.6 Å². The van der Waals surface area contributed by atoms with Crippen LogP contribution in [0.5, 0.6) is 0 Å². The minimum absolute atomic E-state index is 0.0240. The van der Waals surface area contributed by atoms with Gasteiger partial charge in [0.25, 0.3) is 0 Å². The number of rotatable bonds is 7. The summed E-state index contributed by atoms with van der Waals surface area (Å²) in [7, 11) is 2.90. The molecule has 2 aliphatic heterocycles. The van der Waals surface area contributed by atoms with E-state index in [0.717, 1.165) is 13.1 Å². The maximum Gasteiger partial charge on any atom is 0.241 e. The average molecular weight is 448 g/mol. The van der Waals surface area contributed by atoms with E-state index in [9.17, 15) is 9.36 Å². The largest absolute Gasteiger partial charge is 0.379 e. The zero-order chi connectivity index (χ0) is 21.8. The third-order valence-electron chi connectivity index (χ3n) is 5.65. The minimum atomic E-state index is -2.84. The Morgan fingerprint density at radius 2 is 1.86 bits per heavy atom. The van der Waals surface area contributed by atoms with E-state index < -0.39 is 7.44 Å². The Balaban J connectivity index is 1.91. The van der Waals surface area contributed by atoms with Gasteiger partial charge in [-0.3, -0.25) is 14.3 Å². The zero-order valence-electron chi connectivity index (χ0n) is 18.8. The molecule has 2 fully saturated rings. The normalized spacial score (nSPS) is 27.2. The van der Waals surface area contributed by atoms with Crippen molar-refractivity contribution in [3.8, 4) is 0 Å². The van der Waals surface area contributed by atoms with Crippen molar-refractivity contribution < 1.29 is 18.8 Å². The van der Waals surface area contributed by atoms with Crippen molar-refractivity contribution in [2.24, 2.45) is 0 Å². The molecule has 0 aromatic heterocycles. The third kappa shape index (κ3) is 6.70. The van der Waals surface area contributed by atoms with E-state index in [-0.39, 0.29) is 35.7 Å². The van der Waals surface area contributed by atoms with E-state index in [1.54, 1.807) is 9.57 Å². The lowest BCUT2D eigenvalue weighted by molar-refractivity contribution is -0.129. The highest BCUT2D eigenvalue weighted by Crippen LogP contribution is 2.51. The number of nitrogens with zero attached hydrogens (tertiary/aromatic N) is 4. The van der Waals surface area contributed by atoms with Crippen molar-refractivity contribution in [2.45, 2.75) is 38.4 Å². The van der Waals surface area contributed by atoms with Crippen LogP contribution in [0.15, 0.2) is 0 Å². The van der Waals surface area contributed by atoms with Crippen molar-refractivity contribution >= 4 is 33.8 Å². The van der Waals surface area contributed by atoms with Crippen molar-refractivity contribution in [1.29, 1.82) is 0 Å². The van der Waals surface area contributed by atoms with Gasteiger partial charge >= 0.3 is 0 Å². The second-order valence-corrected chi connectivity index (χ2v) is 12.4. The monoisotopic (exact) mass is 448 g/mol. The van der Waals surface area contributed by atoms with Gasteiger partial charge in [-0.05, 0) is 34.9 Å². The molecule has 0 bridgehead atoms. The Morgan fingerprint density at radius 3 is 2.38 bits per heavy atom. The van der Waals surface area contributed by atoms with E-state index in [4.69, 9.17) is 9.47 Å². The summed E-state index contributed by atoms with van der Waals surface area (Å²) in [4.78, 5) is 16.0. The Hall–Kier alpha value is -0.0851. The van der Waals surface area contributed by atoms with Crippen LogP contribution in [0.4, 0.5) is 0 Å². The number of thiol groups is 1. The van der Waals surface area contributed by atoms with Crippen LogP contribution in [0.3, 0.4) is 0 Å². The van der Waals surface area contributed by atoms with E-state index in [2.05, 4.69) is 46.1 Å². The number of hydrogen-bond acceptors (Lipinski definition) is 6. The van der Waals surface area contributed by atoms with Gasteiger partial charge in [0.2, 0.25) is 13.4 Å². The molecule has 168 valence electrons. The molecule has 11 heteroatoms. The Bertz CT molecular complexity index is 599. The number of piperazine rings is 1. The SMILES string of the molecule is BC1CN(C(C)(C)C)CC(COCP(=O)(N(C)C)N2CCN(C(=O)CS)CC2)O1. The number of carbonyl (C=O) groups is 1. The van der Waals surface area contributed by atoms with E-state index in [1.165, 1.54) is 0 Å². The molecule has 3 atom stereocenters. The van der Waals surface area contributed by atoms with Gasteiger partial charge in [0.1, 0.15) is 14.2 Å². The highest BCUT2D eigenvalue weighted by atomic mass is 32.1. The van der Waals surface area contributed by atoms with Gasteiger partial charge in [-0.1, -0.05) is 0 Å². The van der Waals surface area contributed by atoms with Gasteiger partial charge < -0.3 is 14.4 Å². The summed E-state index contributed by atoms with van der Waals surface area (Å²) in [5.41, 5.74) is 0.0827. The quantitative estimate of drug-likeness (QED) is 0.340. The first-order valence-corrected chi connectivity index (χ1v) is 12.8. The molecule has 2 aliphatic rings. The summed E-state index contributed by atoms with van der Waals surface area (Å²) in [5, 5.41) is 0. The molecule has 3 unspecified atom stereocenters. The summed E-state index contributed by atoms with van der Waals surface area (Å²) < 4.78 is 29.5. The van der Waals surface area contributed by atoms with Crippen molar-refractivity contribution in [1.82, 2.24) is 19.1 Å². The maximum atomic E-state index is 13.7. The van der Waals surface area contributed by atoms with Crippen LogP contribution in [-0.4, -0.2) is 123 Å². The molecule has 0 N–H and O–H groups in total. The molecule has 0 aromatic carbocycles. The topological polar surface area (TPSA) is 65.6 Å². The third-order valence-corrected chi connectivity index (χ3v) is 8.97. The van der Waals surface area contributed by atoms with Crippen LogP contribution in [0.1, 0.15) is 20.8 Å². The lowest BCUT2D eigenvalue weighted by Crippen LogP contribution is -2.56. The van der Waals surface area contributed by atoms with Gasteiger partial charge in [-0.25, -0.2) is 9.34 Å². The summed E-state index contributed by atoms with van der Waals surface area (Å²) in [6.07, 6.45) is 0.128. The first-order valence-electron chi connectivity index (χ1n) is 10.4. The van der Waals surface area contributed by atoms with Crippen LogP contribution >= 0.6 is 20.1 Å². The zero-order valence-corrected chi connectivity index (χ0v) is 20.6. The highest BCUT2D eigenvalue weighted by molar-refractivity contribution is 7.81. The average Bonchev–Trinajstić information content (AvgIpc) is 2.66. The first-order chi connectivity index (χ1) is 13.5. The Kier molecular flexibility index (Phi) is 9.10. The summed E-state index contributed by atoms with van der Waals surface area (Å²) in [5.74, 6) is 0.232. The second-order valence-electron chi connectivity index (χ2n) is 9.15. The second kappa shape index (κ2) is 10.5. The molecule has 0 spiro atoms. The molecular weight excluding hydrogens is 410 g/mol. The maximum absolute atomic E-state index is 13.7. The fourth-order valence-corrected chi connectivity index (χ4v) is 6.04. The number of hydrogen-bond donors (Lipinski definition) is 1. The molecule has 8 nitrogen and oxygen atoms in total. The fraction of sp³-hybridized carbons (Fsp3) is 0.944. The molecule has 0 aliphatic carbocycles.